The third kappa shape index (κ3) is 4.51. The fraction of sp³-hybridized carbons (Fsp3) is 0.444. The van der Waals surface area contributed by atoms with Crippen molar-refractivity contribution < 1.29 is 4.79 Å². The van der Waals surface area contributed by atoms with Crippen LogP contribution in [0.2, 0.25) is 5.02 Å². The van der Waals surface area contributed by atoms with Gasteiger partial charge in [-0.2, -0.15) is 5.10 Å². The van der Waals surface area contributed by atoms with Crippen molar-refractivity contribution in [3.8, 4) is 0 Å². The smallest absolute Gasteiger partial charge is 0.220 e. The third-order valence-corrected chi connectivity index (χ3v) is 4.72. The Kier molecular flexibility index (Phi) is 5.41. The number of hydrogen-bond donors (Lipinski definition) is 1. The molecule has 2 aromatic rings. The van der Waals surface area contributed by atoms with Gasteiger partial charge in [0, 0.05) is 50.0 Å². The van der Waals surface area contributed by atoms with Crippen molar-refractivity contribution in [2.45, 2.75) is 19.3 Å². The minimum absolute atomic E-state index is 0.115. The van der Waals surface area contributed by atoms with E-state index >= 15 is 0 Å². The molecule has 1 aromatic carbocycles. The van der Waals surface area contributed by atoms with E-state index in [-0.39, 0.29) is 5.91 Å². The first-order valence-electron chi connectivity index (χ1n) is 8.35. The molecule has 0 radical (unpaired) electrons. The summed E-state index contributed by atoms with van der Waals surface area (Å²) >= 11 is 5.94. The lowest BCUT2D eigenvalue weighted by atomic mass is 10.1. The summed E-state index contributed by atoms with van der Waals surface area (Å²) in [7, 11) is 1.89. The van der Waals surface area contributed by atoms with Crippen LogP contribution < -0.4 is 10.2 Å². The lowest BCUT2D eigenvalue weighted by Gasteiger charge is -2.19. The molecule has 1 atom stereocenters. The van der Waals surface area contributed by atoms with Gasteiger partial charge in [-0.1, -0.05) is 11.6 Å². The van der Waals surface area contributed by atoms with Crippen LogP contribution in [0, 0.1) is 5.92 Å². The van der Waals surface area contributed by atoms with Crippen molar-refractivity contribution in [1.29, 1.82) is 0 Å². The molecule has 6 heteroatoms. The van der Waals surface area contributed by atoms with Gasteiger partial charge in [0.25, 0.3) is 0 Å². The van der Waals surface area contributed by atoms with Gasteiger partial charge in [0.05, 0.1) is 6.20 Å². The molecule has 0 spiro atoms. The predicted molar refractivity (Wildman–Crippen MR) is 96.3 cm³/mol. The lowest BCUT2D eigenvalue weighted by molar-refractivity contribution is -0.121. The SMILES string of the molecule is Cn1cc(CCC(=O)NC[C@H]2CCN(c3ccc(Cl)cc3)C2)cn1. The van der Waals surface area contributed by atoms with Crippen molar-refractivity contribution in [1.82, 2.24) is 15.1 Å². The summed E-state index contributed by atoms with van der Waals surface area (Å²) in [5, 5.41) is 7.95. The number of nitrogens with zero attached hydrogens (tertiary/aromatic N) is 3. The zero-order valence-electron chi connectivity index (χ0n) is 13.9. The topological polar surface area (TPSA) is 50.2 Å². The first-order valence-corrected chi connectivity index (χ1v) is 8.72. The van der Waals surface area contributed by atoms with Gasteiger partial charge in [0.2, 0.25) is 5.91 Å². The summed E-state index contributed by atoms with van der Waals surface area (Å²) in [4.78, 5) is 14.4. The second kappa shape index (κ2) is 7.71. The Balaban J connectivity index is 1.39. The number of amides is 1. The molecule has 0 unspecified atom stereocenters. The molecular formula is C18H23ClN4O. The van der Waals surface area contributed by atoms with Gasteiger partial charge < -0.3 is 10.2 Å². The minimum atomic E-state index is 0.115. The first-order chi connectivity index (χ1) is 11.6. The van der Waals surface area contributed by atoms with Gasteiger partial charge in [-0.15, -0.1) is 0 Å². The maximum absolute atomic E-state index is 12.0. The zero-order chi connectivity index (χ0) is 16.9. The van der Waals surface area contributed by atoms with Crippen LogP contribution in [0.5, 0.6) is 0 Å². The molecule has 128 valence electrons. The summed E-state index contributed by atoms with van der Waals surface area (Å²) in [5.74, 6) is 0.617. The van der Waals surface area contributed by atoms with Gasteiger partial charge >= 0.3 is 0 Å². The summed E-state index contributed by atoms with van der Waals surface area (Å²) in [6.07, 6.45) is 6.12. The summed E-state index contributed by atoms with van der Waals surface area (Å²) in [5.41, 5.74) is 2.30. The van der Waals surface area contributed by atoms with Crippen LogP contribution in [-0.4, -0.2) is 35.3 Å². The molecule has 1 aliphatic heterocycles. The highest BCUT2D eigenvalue weighted by Crippen LogP contribution is 2.24. The van der Waals surface area contributed by atoms with Crippen LogP contribution >= 0.6 is 11.6 Å². The second-order valence-corrected chi connectivity index (χ2v) is 6.84. The van der Waals surface area contributed by atoms with Crippen molar-refractivity contribution >= 4 is 23.2 Å². The quantitative estimate of drug-likeness (QED) is 0.874. The number of nitrogens with one attached hydrogen (secondary N) is 1. The highest BCUT2D eigenvalue weighted by Gasteiger charge is 2.23. The number of aryl methyl sites for hydroxylation is 2. The van der Waals surface area contributed by atoms with E-state index in [0.29, 0.717) is 12.3 Å². The van der Waals surface area contributed by atoms with E-state index in [0.717, 1.165) is 43.1 Å². The maximum atomic E-state index is 12.0. The number of rotatable bonds is 6. The number of anilines is 1. The van der Waals surface area contributed by atoms with Gasteiger partial charge in [0.1, 0.15) is 0 Å². The van der Waals surface area contributed by atoms with Crippen molar-refractivity contribution in [2.75, 3.05) is 24.5 Å². The van der Waals surface area contributed by atoms with E-state index in [1.807, 2.05) is 31.6 Å². The Bertz CT molecular complexity index is 683. The second-order valence-electron chi connectivity index (χ2n) is 6.40. The predicted octanol–water partition coefficient (Wildman–Crippen LogP) is 2.65. The monoisotopic (exact) mass is 346 g/mol. The van der Waals surface area contributed by atoms with Gasteiger partial charge in [0.15, 0.2) is 0 Å². The van der Waals surface area contributed by atoms with Crippen LogP contribution in [0.25, 0.3) is 0 Å². The average molecular weight is 347 g/mol. The Labute approximate surface area is 147 Å². The number of carbonyl (C=O) groups is 1. The molecule has 3 rings (SSSR count). The number of halogens is 1. The van der Waals surface area contributed by atoms with Crippen LogP contribution in [0.1, 0.15) is 18.4 Å². The highest BCUT2D eigenvalue weighted by atomic mass is 35.5. The zero-order valence-corrected chi connectivity index (χ0v) is 14.7. The lowest BCUT2D eigenvalue weighted by Crippen LogP contribution is -2.31. The average Bonchev–Trinajstić information content (AvgIpc) is 3.21. The molecule has 5 nitrogen and oxygen atoms in total. The molecule has 1 amide bonds. The molecule has 0 aliphatic carbocycles. The summed E-state index contributed by atoms with van der Waals surface area (Å²) in [6.45, 7) is 2.75. The summed E-state index contributed by atoms with van der Waals surface area (Å²) < 4.78 is 1.76. The Hall–Kier alpha value is -2.01. The molecule has 24 heavy (non-hydrogen) atoms. The van der Waals surface area contributed by atoms with E-state index in [1.54, 1.807) is 4.68 Å². The normalized spacial score (nSPS) is 17.2. The Morgan fingerprint density at radius 1 is 1.38 bits per heavy atom. The Morgan fingerprint density at radius 3 is 2.88 bits per heavy atom. The van der Waals surface area contributed by atoms with Gasteiger partial charge in [-0.3, -0.25) is 9.48 Å². The van der Waals surface area contributed by atoms with Crippen molar-refractivity contribution in [2.24, 2.45) is 13.0 Å². The molecule has 0 saturated carbocycles. The molecule has 1 aliphatic rings. The van der Waals surface area contributed by atoms with E-state index in [4.69, 9.17) is 11.6 Å². The minimum Gasteiger partial charge on any atom is -0.371 e. The van der Waals surface area contributed by atoms with E-state index in [2.05, 4.69) is 27.4 Å². The Morgan fingerprint density at radius 2 is 2.17 bits per heavy atom. The maximum Gasteiger partial charge on any atom is 0.220 e. The number of hydrogen-bond acceptors (Lipinski definition) is 3. The third-order valence-electron chi connectivity index (χ3n) is 4.46. The molecule has 2 heterocycles. The molecule has 1 fully saturated rings. The van der Waals surface area contributed by atoms with Crippen molar-refractivity contribution in [3.63, 3.8) is 0 Å². The van der Waals surface area contributed by atoms with E-state index in [9.17, 15) is 4.79 Å². The number of aromatic nitrogens is 2. The summed E-state index contributed by atoms with van der Waals surface area (Å²) in [6, 6.07) is 7.95. The standard InChI is InChI=1S/C18H23ClN4O/c1-22-12-14(11-21-22)2-7-18(24)20-10-15-8-9-23(13-15)17-5-3-16(19)4-6-17/h3-6,11-12,15H,2,7-10,13H2,1H3,(H,20,24)/t15-/m1/s1. The molecule has 1 aromatic heterocycles. The highest BCUT2D eigenvalue weighted by molar-refractivity contribution is 6.30. The number of carbonyl (C=O) groups excluding carboxylic acids is 1. The molecule has 1 saturated heterocycles. The van der Waals surface area contributed by atoms with Crippen molar-refractivity contribution in [3.05, 3.63) is 47.2 Å². The van der Waals surface area contributed by atoms with Gasteiger partial charge in [-0.05, 0) is 48.6 Å². The van der Waals surface area contributed by atoms with Crippen LogP contribution in [0.4, 0.5) is 5.69 Å². The van der Waals surface area contributed by atoms with Gasteiger partial charge in [-0.25, -0.2) is 0 Å². The molecule has 1 N–H and O–H groups in total. The first kappa shape index (κ1) is 16.8. The van der Waals surface area contributed by atoms with E-state index < -0.39 is 0 Å². The fourth-order valence-corrected chi connectivity index (χ4v) is 3.22. The largest absolute Gasteiger partial charge is 0.371 e. The molecule has 0 bridgehead atoms. The number of benzene rings is 1. The van der Waals surface area contributed by atoms with Crippen LogP contribution in [-0.2, 0) is 18.3 Å². The fourth-order valence-electron chi connectivity index (χ4n) is 3.09. The molecular weight excluding hydrogens is 324 g/mol. The van der Waals surface area contributed by atoms with Crippen LogP contribution in [0.3, 0.4) is 0 Å². The van der Waals surface area contributed by atoms with Crippen LogP contribution in [0.15, 0.2) is 36.7 Å². The van der Waals surface area contributed by atoms with E-state index in [1.165, 1.54) is 5.69 Å².